The minimum atomic E-state index is 0.0279. The summed E-state index contributed by atoms with van der Waals surface area (Å²) in [5.41, 5.74) is 2.24. The van der Waals surface area contributed by atoms with E-state index in [4.69, 9.17) is 9.57 Å². The van der Waals surface area contributed by atoms with E-state index in [1.807, 2.05) is 6.20 Å². The van der Waals surface area contributed by atoms with E-state index in [0.29, 0.717) is 6.04 Å². The van der Waals surface area contributed by atoms with Crippen molar-refractivity contribution < 1.29 is 9.57 Å². The lowest BCUT2D eigenvalue weighted by molar-refractivity contribution is -0.0755. The van der Waals surface area contributed by atoms with Crippen LogP contribution in [-0.2, 0) is 9.57 Å². The van der Waals surface area contributed by atoms with E-state index >= 15 is 0 Å². The fraction of sp³-hybridized carbons (Fsp3) is 0.714. The van der Waals surface area contributed by atoms with Gasteiger partial charge in [-0.2, -0.15) is 5.10 Å². The third-order valence-corrected chi connectivity index (χ3v) is 4.61. The van der Waals surface area contributed by atoms with Gasteiger partial charge in [0.1, 0.15) is 11.3 Å². The predicted octanol–water partition coefficient (Wildman–Crippen LogP) is 2.28. The topological polar surface area (TPSA) is 48.6 Å². The van der Waals surface area contributed by atoms with Crippen LogP contribution < -0.4 is 0 Å². The Kier molecular flexibility index (Phi) is 2.62. The normalized spacial score (nSPS) is 26.0. The molecular formula is C14H19N3O2. The molecule has 0 atom stereocenters. The Morgan fingerprint density at radius 3 is 2.79 bits per heavy atom. The molecule has 1 aromatic rings. The maximum absolute atomic E-state index is 5.68. The van der Waals surface area contributed by atoms with Crippen LogP contribution in [-0.4, -0.2) is 34.3 Å². The predicted molar refractivity (Wildman–Crippen MR) is 70.1 cm³/mol. The lowest BCUT2D eigenvalue weighted by Crippen LogP contribution is -2.37. The summed E-state index contributed by atoms with van der Waals surface area (Å²) in [5.74, 6) is 0. The number of aromatic nitrogens is 2. The third-order valence-electron chi connectivity index (χ3n) is 4.61. The Bertz CT molecular complexity index is 499. The molecule has 1 aliphatic carbocycles. The molecule has 102 valence electrons. The van der Waals surface area contributed by atoms with Gasteiger partial charge in [0, 0.05) is 25.8 Å². The summed E-state index contributed by atoms with van der Waals surface area (Å²) < 4.78 is 7.55. The Hall–Kier alpha value is -1.36. The van der Waals surface area contributed by atoms with Gasteiger partial charge >= 0.3 is 0 Å². The van der Waals surface area contributed by atoms with Gasteiger partial charge in [-0.05, 0) is 38.2 Å². The molecule has 0 bridgehead atoms. The molecule has 0 amide bonds. The van der Waals surface area contributed by atoms with Crippen LogP contribution >= 0.6 is 0 Å². The second-order valence-electron chi connectivity index (χ2n) is 5.85. The van der Waals surface area contributed by atoms with Crippen molar-refractivity contribution in [3.05, 3.63) is 18.0 Å². The first-order valence-corrected chi connectivity index (χ1v) is 7.23. The zero-order valence-electron chi connectivity index (χ0n) is 11.0. The van der Waals surface area contributed by atoms with Crippen LogP contribution in [0.2, 0.25) is 0 Å². The minimum Gasteiger partial charge on any atom is -0.389 e. The van der Waals surface area contributed by atoms with Gasteiger partial charge in [-0.15, -0.1) is 0 Å². The molecule has 5 heteroatoms. The molecule has 1 saturated carbocycles. The van der Waals surface area contributed by atoms with Gasteiger partial charge in [0.15, 0.2) is 0 Å². The van der Waals surface area contributed by atoms with Crippen LogP contribution in [0.1, 0.15) is 50.3 Å². The van der Waals surface area contributed by atoms with Crippen molar-refractivity contribution in [2.45, 2.75) is 50.2 Å². The fourth-order valence-electron chi connectivity index (χ4n) is 3.26. The smallest absolute Gasteiger partial charge is 0.143 e. The summed E-state index contributed by atoms with van der Waals surface area (Å²) in [4.78, 5) is 5.68. The first-order chi connectivity index (χ1) is 9.36. The molecule has 3 heterocycles. The molecule has 4 rings (SSSR count). The SMILES string of the molecule is c1cc(C2=NOC3(CCC3)C2)n(C2CCOCC2)n1. The van der Waals surface area contributed by atoms with E-state index in [-0.39, 0.29) is 5.60 Å². The van der Waals surface area contributed by atoms with Gasteiger partial charge in [0.25, 0.3) is 0 Å². The summed E-state index contributed by atoms with van der Waals surface area (Å²) in [6.45, 7) is 1.66. The molecule has 5 nitrogen and oxygen atoms in total. The number of nitrogens with zero attached hydrogens (tertiary/aromatic N) is 3. The Labute approximate surface area is 112 Å². The summed E-state index contributed by atoms with van der Waals surface area (Å²) >= 11 is 0. The Morgan fingerprint density at radius 1 is 1.26 bits per heavy atom. The van der Waals surface area contributed by atoms with Crippen LogP contribution in [0.4, 0.5) is 0 Å². The third kappa shape index (κ3) is 1.87. The summed E-state index contributed by atoms with van der Waals surface area (Å²) in [6, 6.07) is 2.51. The second kappa shape index (κ2) is 4.34. The second-order valence-corrected chi connectivity index (χ2v) is 5.85. The standard InChI is InChI=1S/C14H19N3O2/c1-5-14(6-1)10-12(16-19-14)13-2-7-15-17(13)11-3-8-18-9-4-11/h2,7,11H,1,3-6,8-10H2. The molecule has 0 unspecified atom stereocenters. The minimum absolute atomic E-state index is 0.0279. The Morgan fingerprint density at radius 2 is 2.11 bits per heavy atom. The van der Waals surface area contributed by atoms with Crippen molar-refractivity contribution in [3.63, 3.8) is 0 Å². The highest BCUT2D eigenvalue weighted by atomic mass is 16.7. The van der Waals surface area contributed by atoms with Crippen molar-refractivity contribution in [2.75, 3.05) is 13.2 Å². The monoisotopic (exact) mass is 261 g/mol. The maximum Gasteiger partial charge on any atom is 0.143 e. The van der Waals surface area contributed by atoms with E-state index in [2.05, 4.69) is 21.0 Å². The van der Waals surface area contributed by atoms with E-state index < -0.39 is 0 Å². The largest absolute Gasteiger partial charge is 0.389 e. The van der Waals surface area contributed by atoms with Gasteiger partial charge < -0.3 is 9.57 Å². The first-order valence-electron chi connectivity index (χ1n) is 7.23. The zero-order chi connectivity index (χ0) is 12.7. The number of hydrogen-bond acceptors (Lipinski definition) is 4. The van der Waals surface area contributed by atoms with Crippen molar-refractivity contribution in [2.24, 2.45) is 5.16 Å². The molecule has 0 N–H and O–H groups in total. The number of oxime groups is 1. The van der Waals surface area contributed by atoms with Crippen LogP contribution in [0.3, 0.4) is 0 Å². The number of ether oxygens (including phenoxy) is 1. The Balaban J connectivity index is 1.57. The zero-order valence-corrected chi connectivity index (χ0v) is 11.0. The van der Waals surface area contributed by atoms with Crippen LogP contribution in [0.5, 0.6) is 0 Å². The highest BCUT2D eigenvalue weighted by molar-refractivity contribution is 6.00. The van der Waals surface area contributed by atoms with Gasteiger partial charge in [0.2, 0.25) is 0 Å². The van der Waals surface area contributed by atoms with Crippen molar-refractivity contribution in [1.82, 2.24) is 9.78 Å². The number of rotatable bonds is 2. The molecule has 1 aromatic heterocycles. The fourth-order valence-corrected chi connectivity index (χ4v) is 3.26. The van der Waals surface area contributed by atoms with Gasteiger partial charge in [0.05, 0.1) is 11.7 Å². The lowest BCUT2D eigenvalue weighted by atomic mass is 9.77. The lowest BCUT2D eigenvalue weighted by Gasteiger charge is -2.34. The molecular weight excluding hydrogens is 242 g/mol. The molecule has 2 fully saturated rings. The van der Waals surface area contributed by atoms with Gasteiger partial charge in [-0.3, -0.25) is 4.68 Å². The van der Waals surface area contributed by atoms with E-state index in [0.717, 1.165) is 56.7 Å². The molecule has 2 aliphatic heterocycles. The van der Waals surface area contributed by atoms with Crippen LogP contribution in [0.25, 0.3) is 0 Å². The van der Waals surface area contributed by atoms with E-state index in [1.54, 1.807) is 0 Å². The molecule has 0 aromatic carbocycles. The van der Waals surface area contributed by atoms with E-state index in [9.17, 15) is 0 Å². The molecule has 19 heavy (non-hydrogen) atoms. The average molecular weight is 261 g/mol. The number of hydrogen-bond donors (Lipinski definition) is 0. The van der Waals surface area contributed by atoms with Crippen molar-refractivity contribution >= 4 is 5.71 Å². The average Bonchev–Trinajstić information content (AvgIpc) is 3.05. The first kappa shape index (κ1) is 11.5. The van der Waals surface area contributed by atoms with Gasteiger partial charge in [-0.25, -0.2) is 0 Å². The van der Waals surface area contributed by atoms with Gasteiger partial charge in [-0.1, -0.05) is 5.16 Å². The highest BCUT2D eigenvalue weighted by Crippen LogP contribution is 2.43. The highest BCUT2D eigenvalue weighted by Gasteiger charge is 2.45. The molecule has 1 saturated heterocycles. The summed E-state index contributed by atoms with van der Waals surface area (Å²) in [6.07, 6.45) is 8.45. The van der Waals surface area contributed by atoms with Crippen molar-refractivity contribution in [3.8, 4) is 0 Å². The summed E-state index contributed by atoms with van der Waals surface area (Å²) in [5, 5.41) is 8.83. The molecule has 1 spiro atoms. The van der Waals surface area contributed by atoms with E-state index in [1.165, 1.54) is 6.42 Å². The van der Waals surface area contributed by atoms with Crippen molar-refractivity contribution in [1.29, 1.82) is 0 Å². The summed E-state index contributed by atoms with van der Waals surface area (Å²) in [7, 11) is 0. The molecule has 0 radical (unpaired) electrons. The van der Waals surface area contributed by atoms with Crippen LogP contribution in [0, 0.1) is 0 Å². The van der Waals surface area contributed by atoms with Crippen LogP contribution in [0.15, 0.2) is 17.4 Å². The molecule has 3 aliphatic rings. The quantitative estimate of drug-likeness (QED) is 0.820. The maximum atomic E-state index is 5.68.